The standard InChI is InChI=1S/C17H28BrN3/c1-3-9-21-10-4-7-17(13-19,8-11-21)20-16-12-14(2)5-6-15(16)18/h5-6,12,20H,3-4,7-11,13,19H2,1-2H3. The van der Waals surface area contributed by atoms with E-state index in [0.717, 1.165) is 23.9 Å². The Morgan fingerprint density at radius 1 is 1.33 bits per heavy atom. The number of rotatable bonds is 5. The molecule has 1 aliphatic rings. The highest BCUT2D eigenvalue weighted by Gasteiger charge is 2.31. The van der Waals surface area contributed by atoms with Crippen molar-refractivity contribution in [3.8, 4) is 0 Å². The number of anilines is 1. The van der Waals surface area contributed by atoms with Crippen molar-refractivity contribution < 1.29 is 0 Å². The summed E-state index contributed by atoms with van der Waals surface area (Å²) in [4.78, 5) is 2.57. The number of hydrogen-bond donors (Lipinski definition) is 2. The van der Waals surface area contributed by atoms with Gasteiger partial charge in [-0.15, -0.1) is 0 Å². The van der Waals surface area contributed by atoms with Gasteiger partial charge < -0.3 is 16.0 Å². The van der Waals surface area contributed by atoms with Gasteiger partial charge in [-0.1, -0.05) is 13.0 Å². The van der Waals surface area contributed by atoms with E-state index < -0.39 is 0 Å². The van der Waals surface area contributed by atoms with Gasteiger partial charge in [-0.05, 0) is 79.3 Å². The minimum absolute atomic E-state index is 0.0266. The Labute approximate surface area is 137 Å². The van der Waals surface area contributed by atoms with E-state index in [4.69, 9.17) is 5.73 Å². The number of benzene rings is 1. The molecule has 3 nitrogen and oxygen atoms in total. The van der Waals surface area contributed by atoms with Crippen molar-refractivity contribution in [3.05, 3.63) is 28.2 Å². The van der Waals surface area contributed by atoms with Crippen LogP contribution in [0.1, 0.15) is 38.2 Å². The molecule has 1 aromatic carbocycles. The fourth-order valence-corrected chi connectivity index (χ4v) is 3.54. The van der Waals surface area contributed by atoms with Gasteiger partial charge in [-0.25, -0.2) is 0 Å². The molecule has 0 saturated carbocycles. The molecule has 0 aromatic heterocycles. The molecule has 1 saturated heterocycles. The van der Waals surface area contributed by atoms with Crippen LogP contribution in [-0.4, -0.2) is 36.6 Å². The van der Waals surface area contributed by atoms with Crippen LogP contribution in [0.15, 0.2) is 22.7 Å². The third kappa shape index (κ3) is 4.44. The summed E-state index contributed by atoms with van der Waals surface area (Å²) in [6, 6.07) is 6.44. The van der Waals surface area contributed by atoms with Crippen molar-refractivity contribution in [2.24, 2.45) is 5.73 Å². The second kappa shape index (κ2) is 7.61. The molecule has 1 fully saturated rings. The highest BCUT2D eigenvalue weighted by molar-refractivity contribution is 9.10. The van der Waals surface area contributed by atoms with Gasteiger partial charge in [0.25, 0.3) is 0 Å². The van der Waals surface area contributed by atoms with Gasteiger partial charge in [0.15, 0.2) is 0 Å². The summed E-state index contributed by atoms with van der Waals surface area (Å²) < 4.78 is 1.12. The molecular formula is C17H28BrN3. The molecule has 118 valence electrons. The van der Waals surface area contributed by atoms with Crippen LogP contribution in [0, 0.1) is 6.92 Å². The molecule has 1 aromatic rings. The summed E-state index contributed by atoms with van der Waals surface area (Å²) >= 11 is 3.65. The van der Waals surface area contributed by atoms with E-state index in [1.807, 2.05) is 0 Å². The Kier molecular flexibility index (Phi) is 6.08. The molecule has 0 spiro atoms. The number of nitrogens with one attached hydrogen (secondary N) is 1. The van der Waals surface area contributed by atoms with Crippen molar-refractivity contribution in [2.75, 3.05) is 31.5 Å². The molecule has 3 N–H and O–H groups in total. The van der Waals surface area contributed by atoms with Crippen LogP contribution >= 0.6 is 15.9 Å². The first-order chi connectivity index (χ1) is 10.1. The Morgan fingerprint density at radius 2 is 2.14 bits per heavy atom. The van der Waals surface area contributed by atoms with Crippen molar-refractivity contribution in [1.29, 1.82) is 0 Å². The van der Waals surface area contributed by atoms with Crippen LogP contribution in [0.3, 0.4) is 0 Å². The second-order valence-electron chi connectivity index (χ2n) is 6.29. The van der Waals surface area contributed by atoms with Gasteiger partial charge in [0.05, 0.1) is 5.54 Å². The maximum atomic E-state index is 6.17. The summed E-state index contributed by atoms with van der Waals surface area (Å²) in [5, 5.41) is 3.76. The molecule has 1 heterocycles. The highest BCUT2D eigenvalue weighted by Crippen LogP contribution is 2.31. The minimum atomic E-state index is 0.0266. The zero-order valence-corrected chi connectivity index (χ0v) is 14.9. The fourth-order valence-electron chi connectivity index (χ4n) is 3.19. The van der Waals surface area contributed by atoms with Crippen LogP contribution in [0.25, 0.3) is 0 Å². The Balaban J connectivity index is 2.12. The minimum Gasteiger partial charge on any atom is -0.377 e. The van der Waals surface area contributed by atoms with Crippen LogP contribution in [0.4, 0.5) is 5.69 Å². The third-order valence-electron chi connectivity index (χ3n) is 4.49. The first-order valence-corrected chi connectivity index (χ1v) is 8.84. The molecule has 1 aliphatic heterocycles. The second-order valence-corrected chi connectivity index (χ2v) is 7.14. The van der Waals surface area contributed by atoms with Crippen molar-refractivity contribution in [3.63, 3.8) is 0 Å². The molecule has 0 aliphatic carbocycles. The molecule has 21 heavy (non-hydrogen) atoms. The summed E-state index contributed by atoms with van der Waals surface area (Å²) in [6.45, 7) is 8.61. The number of halogens is 1. The fraction of sp³-hybridized carbons (Fsp3) is 0.647. The summed E-state index contributed by atoms with van der Waals surface area (Å²) in [5.41, 5.74) is 8.64. The smallest absolute Gasteiger partial charge is 0.0508 e. The van der Waals surface area contributed by atoms with E-state index in [1.165, 1.54) is 37.2 Å². The van der Waals surface area contributed by atoms with Crippen molar-refractivity contribution >= 4 is 21.6 Å². The highest BCUT2D eigenvalue weighted by atomic mass is 79.9. The predicted octanol–water partition coefficient (Wildman–Crippen LogP) is 3.76. The molecule has 4 heteroatoms. The average Bonchev–Trinajstić information content (AvgIpc) is 2.67. The number of aryl methyl sites for hydroxylation is 1. The molecular weight excluding hydrogens is 326 g/mol. The van der Waals surface area contributed by atoms with Crippen LogP contribution in [0.5, 0.6) is 0 Å². The van der Waals surface area contributed by atoms with Crippen LogP contribution in [-0.2, 0) is 0 Å². The molecule has 0 amide bonds. The largest absolute Gasteiger partial charge is 0.377 e. The Hall–Kier alpha value is -0.580. The lowest BCUT2D eigenvalue weighted by Crippen LogP contribution is -2.46. The molecule has 0 bridgehead atoms. The van der Waals surface area contributed by atoms with Gasteiger partial charge in [-0.3, -0.25) is 0 Å². The zero-order chi connectivity index (χ0) is 15.3. The third-order valence-corrected chi connectivity index (χ3v) is 5.18. The summed E-state index contributed by atoms with van der Waals surface area (Å²) in [5.74, 6) is 0. The lowest BCUT2D eigenvalue weighted by atomic mass is 9.90. The van der Waals surface area contributed by atoms with Gasteiger partial charge in [0.1, 0.15) is 0 Å². The topological polar surface area (TPSA) is 41.3 Å². The summed E-state index contributed by atoms with van der Waals surface area (Å²) in [7, 11) is 0. The van der Waals surface area contributed by atoms with E-state index >= 15 is 0 Å². The van der Waals surface area contributed by atoms with Crippen LogP contribution in [0.2, 0.25) is 0 Å². The zero-order valence-electron chi connectivity index (χ0n) is 13.3. The van der Waals surface area contributed by atoms with E-state index in [9.17, 15) is 0 Å². The molecule has 1 atom stereocenters. The Bertz CT molecular complexity index is 463. The lowest BCUT2D eigenvalue weighted by Gasteiger charge is -2.34. The van der Waals surface area contributed by atoms with Gasteiger partial charge >= 0.3 is 0 Å². The van der Waals surface area contributed by atoms with Crippen molar-refractivity contribution in [2.45, 2.75) is 45.1 Å². The normalized spacial score (nSPS) is 23.8. The van der Waals surface area contributed by atoms with E-state index in [0.29, 0.717) is 6.54 Å². The molecule has 1 unspecified atom stereocenters. The van der Waals surface area contributed by atoms with Gasteiger partial charge in [0.2, 0.25) is 0 Å². The number of nitrogens with zero attached hydrogens (tertiary/aromatic N) is 1. The van der Waals surface area contributed by atoms with E-state index in [-0.39, 0.29) is 5.54 Å². The number of likely N-dealkylation sites (tertiary alicyclic amines) is 1. The van der Waals surface area contributed by atoms with Gasteiger partial charge in [0, 0.05) is 23.2 Å². The number of nitrogens with two attached hydrogens (primary N) is 1. The monoisotopic (exact) mass is 353 g/mol. The van der Waals surface area contributed by atoms with Crippen molar-refractivity contribution in [1.82, 2.24) is 4.90 Å². The average molecular weight is 354 g/mol. The first-order valence-electron chi connectivity index (χ1n) is 8.05. The SMILES string of the molecule is CCCN1CCCC(CN)(Nc2cc(C)ccc2Br)CC1. The lowest BCUT2D eigenvalue weighted by molar-refractivity contribution is 0.279. The molecule has 0 radical (unpaired) electrons. The van der Waals surface area contributed by atoms with Gasteiger partial charge in [-0.2, -0.15) is 0 Å². The Morgan fingerprint density at radius 3 is 2.86 bits per heavy atom. The maximum Gasteiger partial charge on any atom is 0.0508 e. The maximum absolute atomic E-state index is 6.17. The quantitative estimate of drug-likeness (QED) is 0.846. The first kappa shape index (κ1) is 16.8. The predicted molar refractivity (Wildman–Crippen MR) is 94.9 cm³/mol. The summed E-state index contributed by atoms with van der Waals surface area (Å²) in [6.07, 6.45) is 4.70. The van der Waals surface area contributed by atoms with Crippen LogP contribution < -0.4 is 11.1 Å². The number of hydrogen-bond acceptors (Lipinski definition) is 3. The molecule has 2 rings (SSSR count). The van der Waals surface area contributed by atoms with E-state index in [1.54, 1.807) is 0 Å². The van der Waals surface area contributed by atoms with E-state index in [2.05, 4.69) is 58.2 Å².